The quantitative estimate of drug-likeness (QED) is 0.662. The fraction of sp³-hybridized carbons (Fsp3) is 0.300. The fourth-order valence-corrected chi connectivity index (χ4v) is 5.14. The lowest BCUT2D eigenvalue weighted by atomic mass is 10.1. The Balaban J connectivity index is 1.58. The van der Waals surface area contributed by atoms with E-state index in [-0.39, 0.29) is 24.5 Å². The number of amides is 1. The van der Waals surface area contributed by atoms with Gasteiger partial charge in [-0.25, -0.2) is 13.4 Å². The largest absolute Gasteiger partial charge is 0.302 e. The number of fused-ring (bicyclic) bond motifs is 1. The molecule has 0 spiro atoms. The number of carbonyl (C=O) groups is 1. The summed E-state index contributed by atoms with van der Waals surface area (Å²) in [6, 6.07) is 10.8. The Morgan fingerprint density at radius 3 is 2.48 bits per heavy atom. The van der Waals surface area contributed by atoms with Crippen LogP contribution in [0.25, 0.3) is 10.2 Å². The Bertz CT molecular complexity index is 1080. The topological polar surface area (TPSA) is 76.1 Å². The van der Waals surface area contributed by atoms with E-state index in [0.717, 1.165) is 26.9 Å². The second-order valence-corrected chi connectivity index (χ2v) is 9.84. The van der Waals surface area contributed by atoms with Crippen molar-refractivity contribution in [2.24, 2.45) is 0 Å². The van der Waals surface area contributed by atoms with Crippen molar-refractivity contribution < 1.29 is 13.2 Å². The molecule has 1 heterocycles. The van der Waals surface area contributed by atoms with E-state index in [2.05, 4.69) is 16.4 Å². The maximum absolute atomic E-state index is 12.3. The highest BCUT2D eigenvalue weighted by molar-refractivity contribution is 7.91. The molecule has 2 aromatic carbocycles. The van der Waals surface area contributed by atoms with E-state index >= 15 is 0 Å². The first-order valence-corrected chi connectivity index (χ1v) is 11.2. The molecule has 0 aliphatic heterocycles. The van der Waals surface area contributed by atoms with Crippen molar-refractivity contribution in [2.45, 2.75) is 38.5 Å². The molecule has 0 atom stereocenters. The monoisotopic (exact) mass is 402 g/mol. The molecule has 0 saturated carbocycles. The number of thiazole rings is 1. The summed E-state index contributed by atoms with van der Waals surface area (Å²) >= 11 is 1.44. The predicted octanol–water partition coefficient (Wildman–Crippen LogP) is 4.41. The van der Waals surface area contributed by atoms with Crippen molar-refractivity contribution in [3.63, 3.8) is 0 Å². The van der Waals surface area contributed by atoms with Crippen molar-refractivity contribution >= 4 is 42.4 Å². The van der Waals surface area contributed by atoms with Crippen LogP contribution in [0.3, 0.4) is 0 Å². The Morgan fingerprint density at radius 1 is 1.07 bits per heavy atom. The van der Waals surface area contributed by atoms with E-state index in [0.29, 0.717) is 10.0 Å². The van der Waals surface area contributed by atoms with Crippen LogP contribution in [0.15, 0.2) is 41.3 Å². The van der Waals surface area contributed by atoms with E-state index in [9.17, 15) is 13.2 Å². The molecule has 3 rings (SSSR count). The van der Waals surface area contributed by atoms with Gasteiger partial charge in [0.1, 0.15) is 0 Å². The van der Waals surface area contributed by atoms with Gasteiger partial charge in [0.15, 0.2) is 15.0 Å². The third kappa shape index (κ3) is 4.73. The number of aryl methyl sites for hydroxylation is 3. The normalized spacial score (nSPS) is 11.7. The first kappa shape index (κ1) is 19.5. The molecule has 5 nitrogen and oxygen atoms in total. The number of rotatable bonds is 6. The van der Waals surface area contributed by atoms with Gasteiger partial charge in [-0.1, -0.05) is 35.1 Å². The number of hydrogen-bond acceptors (Lipinski definition) is 5. The van der Waals surface area contributed by atoms with Gasteiger partial charge in [0, 0.05) is 6.42 Å². The molecule has 3 aromatic rings. The van der Waals surface area contributed by atoms with Crippen LogP contribution in [0.5, 0.6) is 0 Å². The fourth-order valence-electron chi connectivity index (χ4n) is 2.90. The Hall–Kier alpha value is -2.25. The molecule has 1 amide bonds. The third-order valence-corrected chi connectivity index (χ3v) is 7.20. The number of nitrogens with one attached hydrogen (secondary N) is 1. The van der Waals surface area contributed by atoms with Gasteiger partial charge in [-0.2, -0.15) is 0 Å². The molecule has 27 heavy (non-hydrogen) atoms. The lowest BCUT2D eigenvalue weighted by Crippen LogP contribution is -2.14. The molecule has 0 fully saturated rings. The molecule has 7 heteroatoms. The van der Waals surface area contributed by atoms with E-state index in [1.54, 1.807) is 24.3 Å². The third-order valence-electron chi connectivity index (χ3n) is 4.26. The molecule has 0 unspecified atom stereocenters. The number of nitrogens with zero attached hydrogens (tertiary/aromatic N) is 1. The summed E-state index contributed by atoms with van der Waals surface area (Å²) in [5.74, 6) is -0.274. The molecule has 1 N–H and O–H groups in total. The summed E-state index contributed by atoms with van der Waals surface area (Å²) in [7, 11) is -3.37. The van der Waals surface area contributed by atoms with Crippen molar-refractivity contribution in [2.75, 3.05) is 11.1 Å². The van der Waals surface area contributed by atoms with Gasteiger partial charge in [-0.3, -0.25) is 4.79 Å². The number of carbonyl (C=O) groups excluding carboxylic acids is 1. The highest BCUT2D eigenvalue weighted by Gasteiger charge is 2.15. The minimum Gasteiger partial charge on any atom is -0.302 e. The Morgan fingerprint density at radius 2 is 1.78 bits per heavy atom. The highest BCUT2D eigenvalue weighted by atomic mass is 32.2. The van der Waals surface area contributed by atoms with E-state index < -0.39 is 9.84 Å². The number of aromatic nitrogens is 1. The smallest absolute Gasteiger partial charge is 0.226 e. The maximum Gasteiger partial charge on any atom is 0.226 e. The van der Waals surface area contributed by atoms with Crippen molar-refractivity contribution in [3.05, 3.63) is 53.1 Å². The summed E-state index contributed by atoms with van der Waals surface area (Å²) in [5.41, 5.74) is 4.14. The Labute approximate surface area is 163 Å². The highest BCUT2D eigenvalue weighted by Crippen LogP contribution is 2.29. The van der Waals surface area contributed by atoms with Gasteiger partial charge < -0.3 is 5.32 Å². The molecule has 0 radical (unpaired) electrons. The summed E-state index contributed by atoms with van der Waals surface area (Å²) in [6.45, 7) is 5.94. The SMILES string of the molecule is Cc1ccc(S(=O)(=O)CCCC(=O)Nc2nc3cc(C)cc(C)c3s2)cc1. The number of anilines is 1. The van der Waals surface area contributed by atoms with Gasteiger partial charge in [0.2, 0.25) is 5.91 Å². The first-order chi connectivity index (χ1) is 12.7. The molecule has 0 saturated heterocycles. The zero-order valence-corrected chi connectivity index (χ0v) is 17.2. The molecule has 1 aromatic heterocycles. The lowest BCUT2D eigenvalue weighted by Gasteiger charge is -2.05. The van der Waals surface area contributed by atoms with Gasteiger partial charge in [-0.15, -0.1) is 0 Å². The second kappa shape index (κ2) is 7.78. The summed E-state index contributed by atoms with van der Waals surface area (Å²) in [6.07, 6.45) is 0.407. The van der Waals surface area contributed by atoms with Crippen molar-refractivity contribution in [1.82, 2.24) is 4.98 Å². The average molecular weight is 403 g/mol. The zero-order chi connectivity index (χ0) is 19.6. The summed E-state index contributed by atoms with van der Waals surface area (Å²) in [5, 5.41) is 3.33. The van der Waals surface area contributed by atoms with Crippen LogP contribution >= 0.6 is 11.3 Å². The standard InChI is InChI=1S/C20H22N2O3S2/c1-13-6-8-16(9-7-13)27(24,25)10-4-5-18(23)22-20-21-17-12-14(2)11-15(3)19(17)26-20/h6-9,11-12H,4-5,10H2,1-3H3,(H,21,22,23). The van der Waals surface area contributed by atoms with E-state index in [4.69, 9.17) is 0 Å². The zero-order valence-electron chi connectivity index (χ0n) is 15.6. The van der Waals surface area contributed by atoms with E-state index in [1.807, 2.05) is 26.8 Å². The number of sulfone groups is 1. The van der Waals surface area contributed by atoms with Crippen LogP contribution in [0.1, 0.15) is 29.5 Å². The van der Waals surface area contributed by atoms with Crippen LogP contribution in [0, 0.1) is 20.8 Å². The molecule has 0 aliphatic rings. The summed E-state index contributed by atoms with van der Waals surface area (Å²) < 4.78 is 25.7. The molecular formula is C20H22N2O3S2. The molecule has 142 valence electrons. The summed E-state index contributed by atoms with van der Waals surface area (Å²) in [4.78, 5) is 16.9. The van der Waals surface area contributed by atoms with Crippen molar-refractivity contribution in [1.29, 1.82) is 0 Å². The van der Waals surface area contributed by atoms with Crippen LogP contribution in [-0.2, 0) is 14.6 Å². The minimum absolute atomic E-state index is 0.0539. The van der Waals surface area contributed by atoms with Crippen LogP contribution in [0.2, 0.25) is 0 Å². The van der Waals surface area contributed by atoms with Gasteiger partial charge in [-0.05, 0) is 56.5 Å². The lowest BCUT2D eigenvalue weighted by molar-refractivity contribution is -0.116. The molecule has 0 aliphatic carbocycles. The predicted molar refractivity (Wildman–Crippen MR) is 110 cm³/mol. The van der Waals surface area contributed by atoms with Gasteiger partial charge in [0.25, 0.3) is 0 Å². The van der Waals surface area contributed by atoms with Gasteiger partial charge in [0.05, 0.1) is 20.9 Å². The van der Waals surface area contributed by atoms with Crippen molar-refractivity contribution in [3.8, 4) is 0 Å². The van der Waals surface area contributed by atoms with Crippen LogP contribution in [0.4, 0.5) is 5.13 Å². The molecule has 0 bridgehead atoms. The number of hydrogen-bond donors (Lipinski definition) is 1. The number of benzene rings is 2. The van der Waals surface area contributed by atoms with Crippen LogP contribution < -0.4 is 5.32 Å². The first-order valence-electron chi connectivity index (χ1n) is 8.72. The molecular weight excluding hydrogens is 380 g/mol. The minimum atomic E-state index is -3.37. The maximum atomic E-state index is 12.3. The second-order valence-electron chi connectivity index (χ2n) is 6.73. The average Bonchev–Trinajstić information content (AvgIpc) is 2.97. The van der Waals surface area contributed by atoms with Crippen LogP contribution in [-0.4, -0.2) is 25.1 Å². The Kier molecular flexibility index (Phi) is 5.62. The van der Waals surface area contributed by atoms with Gasteiger partial charge >= 0.3 is 0 Å². The van der Waals surface area contributed by atoms with E-state index in [1.165, 1.54) is 11.3 Å².